The van der Waals surface area contributed by atoms with Crippen molar-refractivity contribution in [2.45, 2.75) is 6.42 Å². The Bertz CT molecular complexity index is 900. The number of pyridine rings is 1. The highest BCUT2D eigenvalue weighted by Crippen LogP contribution is 2.19. The number of carbonyl (C=O) groups excluding carboxylic acids is 1. The highest BCUT2D eigenvalue weighted by atomic mass is 35.5. The Kier molecular flexibility index (Phi) is 5.81. The quantitative estimate of drug-likeness (QED) is 0.668. The first-order chi connectivity index (χ1) is 12.6. The summed E-state index contributed by atoms with van der Waals surface area (Å²) in [6, 6.07) is 17.1. The van der Waals surface area contributed by atoms with Crippen LogP contribution in [0.5, 0.6) is 0 Å². The number of nitrogens with one attached hydrogen (secondary N) is 2. The van der Waals surface area contributed by atoms with Crippen molar-refractivity contribution in [3.63, 3.8) is 0 Å². The number of hydrogen-bond acceptors (Lipinski definition) is 3. The standard InChI is InChI=1S/C20H17ClFN3O/c21-15-7-5-14(6-8-15)9-11-24-20(26)19-13-16(10-12-23-19)25-18-4-2-1-3-17(18)22/h1-8,10,12-13H,9,11H2,(H,23,25)(H,24,26). The van der Waals surface area contributed by atoms with Crippen molar-refractivity contribution >= 4 is 28.9 Å². The summed E-state index contributed by atoms with van der Waals surface area (Å²) in [7, 11) is 0. The van der Waals surface area contributed by atoms with E-state index in [9.17, 15) is 9.18 Å². The van der Waals surface area contributed by atoms with Crippen LogP contribution in [0.4, 0.5) is 15.8 Å². The predicted octanol–water partition coefficient (Wildman–Crippen LogP) is 4.59. The van der Waals surface area contributed by atoms with Gasteiger partial charge in [0.05, 0.1) is 5.69 Å². The molecule has 0 atom stereocenters. The number of amides is 1. The zero-order chi connectivity index (χ0) is 18.4. The van der Waals surface area contributed by atoms with Gasteiger partial charge in [-0.15, -0.1) is 0 Å². The molecule has 3 rings (SSSR count). The number of rotatable bonds is 6. The Labute approximate surface area is 156 Å². The van der Waals surface area contributed by atoms with Gasteiger partial charge in [0.15, 0.2) is 0 Å². The molecule has 1 heterocycles. The Morgan fingerprint density at radius 2 is 1.85 bits per heavy atom. The molecule has 0 aliphatic heterocycles. The summed E-state index contributed by atoms with van der Waals surface area (Å²) in [5.41, 5.74) is 2.28. The number of halogens is 2. The Balaban J connectivity index is 1.59. The highest BCUT2D eigenvalue weighted by Gasteiger charge is 2.08. The molecule has 132 valence electrons. The second-order valence-electron chi connectivity index (χ2n) is 5.67. The third kappa shape index (κ3) is 4.80. The van der Waals surface area contributed by atoms with Crippen molar-refractivity contribution in [3.8, 4) is 0 Å². The lowest BCUT2D eigenvalue weighted by Gasteiger charge is -2.09. The van der Waals surface area contributed by atoms with Crippen molar-refractivity contribution in [2.24, 2.45) is 0 Å². The molecule has 0 bridgehead atoms. The van der Waals surface area contributed by atoms with Gasteiger partial charge in [-0.25, -0.2) is 4.39 Å². The van der Waals surface area contributed by atoms with Gasteiger partial charge in [-0.05, 0) is 48.4 Å². The summed E-state index contributed by atoms with van der Waals surface area (Å²) in [6.45, 7) is 0.479. The summed E-state index contributed by atoms with van der Waals surface area (Å²) < 4.78 is 13.7. The van der Waals surface area contributed by atoms with Crippen LogP contribution in [0.25, 0.3) is 0 Å². The lowest BCUT2D eigenvalue weighted by molar-refractivity contribution is 0.0949. The maximum Gasteiger partial charge on any atom is 0.269 e. The molecule has 0 aliphatic carbocycles. The number of benzene rings is 2. The Morgan fingerprint density at radius 3 is 2.62 bits per heavy atom. The zero-order valence-electron chi connectivity index (χ0n) is 13.9. The van der Waals surface area contributed by atoms with E-state index in [1.165, 1.54) is 12.3 Å². The van der Waals surface area contributed by atoms with Gasteiger partial charge < -0.3 is 10.6 Å². The molecular weight excluding hydrogens is 353 g/mol. The van der Waals surface area contributed by atoms with Gasteiger partial charge in [0.25, 0.3) is 5.91 Å². The number of nitrogens with zero attached hydrogens (tertiary/aromatic N) is 1. The molecule has 1 aromatic heterocycles. The van der Waals surface area contributed by atoms with E-state index >= 15 is 0 Å². The van der Waals surface area contributed by atoms with Crippen molar-refractivity contribution in [1.29, 1.82) is 0 Å². The second kappa shape index (κ2) is 8.45. The molecule has 2 N–H and O–H groups in total. The number of anilines is 2. The number of para-hydroxylation sites is 1. The first-order valence-corrected chi connectivity index (χ1v) is 8.50. The predicted molar refractivity (Wildman–Crippen MR) is 101 cm³/mol. The van der Waals surface area contributed by atoms with Crippen LogP contribution in [0, 0.1) is 5.82 Å². The minimum absolute atomic E-state index is 0.266. The molecule has 0 saturated carbocycles. The topological polar surface area (TPSA) is 54.0 Å². The summed E-state index contributed by atoms with van der Waals surface area (Å²) in [6.07, 6.45) is 2.20. The van der Waals surface area contributed by atoms with Crippen LogP contribution in [0.15, 0.2) is 66.9 Å². The molecule has 0 aliphatic rings. The maximum atomic E-state index is 13.7. The first kappa shape index (κ1) is 17.9. The molecule has 26 heavy (non-hydrogen) atoms. The van der Waals surface area contributed by atoms with E-state index in [0.717, 1.165) is 5.56 Å². The monoisotopic (exact) mass is 369 g/mol. The molecular formula is C20H17ClFN3O. The highest BCUT2D eigenvalue weighted by molar-refractivity contribution is 6.30. The Morgan fingerprint density at radius 1 is 1.08 bits per heavy atom. The van der Waals surface area contributed by atoms with E-state index < -0.39 is 0 Å². The van der Waals surface area contributed by atoms with E-state index in [0.29, 0.717) is 29.4 Å². The van der Waals surface area contributed by atoms with Gasteiger partial charge in [0.2, 0.25) is 0 Å². The third-order valence-corrected chi connectivity index (χ3v) is 4.01. The van der Waals surface area contributed by atoms with Gasteiger partial charge in [0.1, 0.15) is 11.5 Å². The van der Waals surface area contributed by atoms with E-state index in [1.54, 1.807) is 30.3 Å². The normalized spacial score (nSPS) is 10.4. The molecule has 0 radical (unpaired) electrons. The lowest BCUT2D eigenvalue weighted by atomic mass is 10.1. The number of hydrogen-bond donors (Lipinski definition) is 2. The van der Waals surface area contributed by atoms with Crippen LogP contribution in [-0.2, 0) is 6.42 Å². The molecule has 0 unspecified atom stereocenters. The van der Waals surface area contributed by atoms with E-state index in [4.69, 9.17) is 11.6 Å². The molecule has 1 amide bonds. The average molecular weight is 370 g/mol. The zero-order valence-corrected chi connectivity index (χ0v) is 14.6. The van der Waals surface area contributed by atoms with Gasteiger partial charge in [-0.3, -0.25) is 9.78 Å². The first-order valence-electron chi connectivity index (χ1n) is 8.12. The van der Waals surface area contributed by atoms with Crippen LogP contribution in [-0.4, -0.2) is 17.4 Å². The largest absolute Gasteiger partial charge is 0.353 e. The minimum atomic E-state index is -0.363. The molecule has 4 nitrogen and oxygen atoms in total. The fourth-order valence-corrected chi connectivity index (χ4v) is 2.54. The smallest absolute Gasteiger partial charge is 0.269 e. The van der Waals surface area contributed by atoms with Crippen LogP contribution in [0.1, 0.15) is 16.1 Å². The van der Waals surface area contributed by atoms with Crippen molar-refractivity contribution < 1.29 is 9.18 Å². The molecule has 3 aromatic rings. The summed E-state index contributed by atoms with van der Waals surface area (Å²) in [4.78, 5) is 16.3. The summed E-state index contributed by atoms with van der Waals surface area (Å²) >= 11 is 5.85. The Hall–Kier alpha value is -2.92. The SMILES string of the molecule is O=C(NCCc1ccc(Cl)cc1)c1cc(Nc2ccccc2F)ccn1. The fraction of sp³-hybridized carbons (Fsp3) is 0.100. The average Bonchev–Trinajstić information content (AvgIpc) is 2.65. The van der Waals surface area contributed by atoms with Gasteiger partial charge >= 0.3 is 0 Å². The van der Waals surface area contributed by atoms with Gasteiger partial charge in [0, 0.05) is 23.5 Å². The molecule has 0 saturated heterocycles. The van der Waals surface area contributed by atoms with Gasteiger partial charge in [-0.2, -0.15) is 0 Å². The summed E-state index contributed by atoms with van der Waals surface area (Å²) in [5.74, 6) is -0.644. The van der Waals surface area contributed by atoms with Crippen LogP contribution in [0.3, 0.4) is 0 Å². The van der Waals surface area contributed by atoms with Crippen molar-refractivity contribution in [3.05, 3.63) is 89.0 Å². The van der Waals surface area contributed by atoms with E-state index in [-0.39, 0.29) is 17.4 Å². The van der Waals surface area contributed by atoms with E-state index in [2.05, 4.69) is 15.6 Å². The number of aromatic nitrogens is 1. The van der Waals surface area contributed by atoms with Crippen LogP contribution < -0.4 is 10.6 Å². The van der Waals surface area contributed by atoms with Crippen molar-refractivity contribution in [1.82, 2.24) is 10.3 Å². The fourth-order valence-electron chi connectivity index (χ4n) is 2.41. The maximum absolute atomic E-state index is 13.7. The van der Waals surface area contributed by atoms with Crippen LogP contribution in [0.2, 0.25) is 5.02 Å². The van der Waals surface area contributed by atoms with E-state index in [1.807, 2.05) is 24.3 Å². The number of carbonyl (C=O) groups is 1. The summed E-state index contributed by atoms with van der Waals surface area (Å²) in [5, 5.41) is 6.46. The minimum Gasteiger partial charge on any atom is -0.353 e. The third-order valence-electron chi connectivity index (χ3n) is 3.76. The van der Waals surface area contributed by atoms with Crippen LogP contribution >= 0.6 is 11.6 Å². The van der Waals surface area contributed by atoms with Crippen molar-refractivity contribution in [2.75, 3.05) is 11.9 Å². The molecule has 0 fully saturated rings. The molecule has 0 spiro atoms. The molecule has 6 heteroatoms. The second-order valence-corrected chi connectivity index (χ2v) is 6.10. The molecule has 2 aromatic carbocycles. The lowest BCUT2D eigenvalue weighted by Crippen LogP contribution is -2.26. The van der Waals surface area contributed by atoms with Gasteiger partial charge in [-0.1, -0.05) is 35.9 Å².